The summed E-state index contributed by atoms with van der Waals surface area (Å²) in [5, 5.41) is 3.99. The number of sulfonamides is 1. The van der Waals surface area contributed by atoms with Crippen molar-refractivity contribution in [3.05, 3.63) is 33.8 Å². The van der Waals surface area contributed by atoms with E-state index < -0.39 is 56.8 Å². The molecule has 4 aliphatic rings. The van der Waals surface area contributed by atoms with Crippen LogP contribution >= 0.6 is 23.2 Å². The average molecular weight is 597 g/mol. The second-order valence-electron chi connectivity index (χ2n) is 12.2. The second-order valence-corrected chi connectivity index (χ2v) is 15.0. The number of nitrogens with one attached hydrogen (secondary N) is 1. The molecule has 5 rings (SSSR count). The lowest BCUT2D eigenvalue weighted by Gasteiger charge is -2.73. The normalized spacial score (nSPS) is 28.1. The second kappa shape index (κ2) is 9.93. The molecule has 1 heterocycles. The van der Waals surface area contributed by atoms with Gasteiger partial charge in [0, 0.05) is 30.3 Å². The molecule has 1 aromatic rings. The largest absolute Gasteiger partial charge is 0.366 e. The Hall–Kier alpha value is -1.36. The van der Waals surface area contributed by atoms with E-state index >= 15 is 0 Å². The van der Waals surface area contributed by atoms with Crippen molar-refractivity contribution in [2.75, 3.05) is 5.75 Å². The Kier molecular flexibility index (Phi) is 7.74. The van der Waals surface area contributed by atoms with Crippen molar-refractivity contribution in [3.8, 4) is 0 Å². The minimum Gasteiger partial charge on any atom is -0.366 e. The zero-order chi connectivity index (χ0) is 28.3. The summed E-state index contributed by atoms with van der Waals surface area (Å²) in [5.74, 6) is -0.129. The number of hydrogen-bond acceptors (Lipinski definition) is 5. The summed E-state index contributed by atoms with van der Waals surface area (Å²) in [6.45, 7) is 6.61. The van der Waals surface area contributed by atoms with E-state index in [0.29, 0.717) is 35.7 Å². The van der Waals surface area contributed by atoms with E-state index in [1.54, 1.807) is 18.2 Å². The van der Waals surface area contributed by atoms with E-state index in [1.807, 2.05) is 13.8 Å². The SMILES string of the molecule is CC(C)(F)CCC(=O)[C@@H]1N=C(C23CC(N(Cc4ccc(Cl)c(Cl)c4)S(=O)(=O)CCC(F)F)(C2)C3)NC1(C)C. The molecule has 0 radical (unpaired) electrons. The molecular formula is C26H34Cl2F3N3O3S. The number of carbonyl (C=O) groups is 1. The van der Waals surface area contributed by atoms with Gasteiger partial charge in [-0.25, -0.2) is 21.6 Å². The summed E-state index contributed by atoms with van der Waals surface area (Å²) in [4.78, 5) is 17.6. The number of halogens is 5. The number of rotatable bonds is 12. The third-order valence-corrected chi connectivity index (χ3v) is 10.6. The number of nitrogens with zero attached hydrogens (tertiary/aromatic N) is 2. The van der Waals surface area contributed by atoms with Crippen molar-refractivity contribution >= 4 is 44.8 Å². The van der Waals surface area contributed by atoms with Crippen LogP contribution in [-0.4, -0.2) is 59.3 Å². The summed E-state index contributed by atoms with van der Waals surface area (Å²) in [6.07, 6.45) is -1.89. The Labute approximate surface area is 232 Å². The fourth-order valence-corrected chi connectivity index (χ4v) is 8.11. The number of ketones is 1. The summed E-state index contributed by atoms with van der Waals surface area (Å²) in [5.41, 5.74) is -2.62. The predicted octanol–water partition coefficient (Wildman–Crippen LogP) is 5.95. The molecular weight excluding hydrogens is 562 g/mol. The van der Waals surface area contributed by atoms with Crippen LogP contribution in [0.1, 0.15) is 71.8 Å². The average Bonchev–Trinajstić information content (AvgIpc) is 3.05. The van der Waals surface area contributed by atoms with Gasteiger partial charge in [0.2, 0.25) is 16.4 Å². The zero-order valence-corrected chi connectivity index (χ0v) is 24.3. The first kappa shape index (κ1) is 29.6. The van der Waals surface area contributed by atoms with Gasteiger partial charge in [-0.15, -0.1) is 0 Å². The Morgan fingerprint density at radius 2 is 1.84 bits per heavy atom. The first-order valence-corrected chi connectivity index (χ1v) is 15.1. The molecule has 6 nitrogen and oxygen atoms in total. The maximum absolute atomic E-state index is 14.0. The molecule has 0 spiro atoms. The number of carbonyl (C=O) groups excluding carboxylic acids is 1. The van der Waals surface area contributed by atoms with Crippen molar-refractivity contribution in [2.24, 2.45) is 10.4 Å². The molecule has 1 N–H and O–H groups in total. The van der Waals surface area contributed by atoms with Crippen LogP contribution in [0.4, 0.5) is 13.2 Å². The van der Waals surface area contributed by atoms with Crippen LogP contribution in [0.3, 0.4) is 0 Å². The van der Waals surface area contributed by atoms with Gasteiger partial charge in [-0.3, -0.25) is 9.79 Å². The fraction of sp³-hybridized carbons (Fsp3) is 0.692. The van der Waals surface area contributed by atoms with Crippen molar-refractivity contribution in [3.63, 3.8) is 0 Å². The first-order chi connectivity index (χ1) is 17.4. The molecule has 1 aromatic carbocycles. The van der Waals surface area contributed by atoms with Gasteiger partial charge in [0.05, 0.1) is 21.3 Å². The lowest BCUT2D eigenvalue weighted by atomic mass is 9.38. The molecule has 212 valence electrons. The smallest absolute Gasteiger partial charge is 0.239 e. The van der Waals surface area contributed by atoms with Gasteiger partial charge in [0.1, 0.15) is 17.5 Å². The molecule has 1 atom stereocenters. The molecule has 3 aliphatic carbocycles. The third-order valence-electron chi connectivity index (χ3n) is 7.93. The highest BCUT2D eigenvalue weighted by Crippen LogP contribution is 2.71. The Bertz CT molecular complexity index is 1230. The summed E-state index contributed by atoms with van der Waals surface area (Å²) < 4.78 is 67.7. The third kappa shape index (κ3) is 5.74. The molecule has 0 aromatic heterocycles. The molecule has 0 saturated heterocycles. The van der Waals surface area contributed by atoms with Crippen LogP contribution in [0.15, 0.2) is 23.2 Å². The number of amidine groups is 1. The van der Waals surface area contributed by atoms with Gasteiger partial charge < -0.3 is 5.32 Å². The number of hydrogen-bond donors (Lipinski definition) is 1. The Balaban J connectivity index is 1.53. The van der Waals surface area contributed by atoms with Crippen LogP contribution in [0.2, 0.25) is 10.0 Å². The van der Waals surface area contributed by atoms with E-state index in [0.717, 1.165) is 0 Å². The maximum Gasteiger partial charge on any atom is 0.239 e. The highest BCUT2D eigenvalue weighted by Gasteiger charge is 2.75. The lowest BCUT2D eigenvalue weighted by Crippen LogP contribution is -2.78. The zero-order valence-electron chi connectivity index (χ0n) is 22.0. The molecule has 3 fully saturated rings. The maximum atomic E-state index is 14.0. The quantitative estimate of drug-likeness (QED) is 0.324. The van der Waals surface area contributed by atoms with Crippen molar-refractivity contribution in [2.45, 2.75) is 102 Å². The van der Waals surface area contributed by atoms with Gasteiger partial charge in [0.15, 0.2) is 5.78 Å². The molecule has 2 bridgehead atoms. The van der Waals surface area contributed by atoms with E-state index in [9.17, 15) is 26.4 Å². The van der Waals surface area contributed by atoms with E-state index in [2.05, 4.69) is 5.32 Å². The first-order valence-electron chi connectivity index (χ1n) is 12.7. The minimum absolute atomic E-state index is 0.00986. The number of aliphatic imine (C=N–C) groups is 1. The summed E-state index contributed by atoms with van der Waals surface area (Å²) >= 11 is 12.1. The molecule has 0 amide bonds. The fourth-order valence-electron chi connectivity index (χ4n) is 5.96. The van der Waals surface area contributed by atoms with Crippen LogP contribution in [0, 0.1) is 5.41 Å². The molecule has 38 heavy (non-hydrogen) atoms. The Morgan fingerprint density at radius 1 is 1.21 bits per heavy atom. The topological polar surface area (TPSA) is 78.8 Å². The van der Waals surface area contributed by atoms with Crippen LogP contribution in [0.5, 0.6) is 0 Å². The predicted molar refractivity (Wildman–Crippen MR) is 143 cm³/mol. The van der Waals surface area contributed by atoms with Crippen LogP contribution < -0.4 is 5.32 Å². The van der Waals surface area contributed by atoms with E-state index in [1.165, 1.54) is 18.2 Å². The summed E-state index contributed by atoms with van der Waals surface area (Å²) in [7, 11) is -4.01. The van der Waals surface area contributed by atoms with E-state index in [-0.39, 0.29) is 30.2 Å². The van der Waals surface area contributed by atoms with Gasteiger partial charge in [0.25, 0.3) is 0 Å². The highest BCUT2D eigenvalue weighted by atomic mass is 35.5. The monoisotopic (exact) mass is 595 g/mol. The molecule has 12 heteroatoms. The Morgan fingerprint density at radius 3 is 2.39 bits per heavy atom. The van der Waals surface area contributed by atoms with Gasteiger partial charge in [-0.1, -0.05) is 29.3 Å². The standard InChI is InChI=1S/C26H34Cl2F3N3O3S/c1-23(2,31)9-7-19(35)21-24(3,4)33-22(32-21)25-13-26(14-25,15-25)34(38(36,37)10-8-20(29)30)12-16-5-6-17(27)18(28)11-16/h5-6,11,20-21H,7-10,12-15H2,1-4H3,(H,32,33)/t21-,25?,26?/m0/s1. The molecule has 3 saturated carbocycles. The molecule has 0 unspecified atom stereocenters. The van der Waals surface area contributed by atoms with Crippen molar-refractivity contribution < 1.29 is 26.4 Å². The van der Waals surface area contributed by atoms with Gasteiger partial charge in [-0.2, -0.15) is 4.31 Å². The minimum atomic E-state index is -4.01. The molecule has 1 aliphatic heterocycles. The highest BCUT2D eigenvalue weighted by molar-refractivity contribution is 7.89. The van der Waals surface area contributed by atoms with Gasteiger partial charge in [-0.05, 0) is 71.1 Å². The number of alkyl halides is 3. The van der Waals surface area contributed by atoms with E-state index in [4.69, 9.17) is 28.2 Å². The van der Waals surface area contributed by atoms with Crippen molar-refractivity contribution in [1.29, 1.82) is 0 Å². The lowest BCUT2D eigenvalue weighted by molar-refractivity contribution is -0.151. The van der Waals surface area contributed by atoms with Crippen LogP contribution in [0.25, 0.3) is 0 Å². The summed E-state index contributed by atoms with van der Waals surface area (Å²) in [6, 6.07) is 4.17. The van der Waals surface area contributed by atoms with Crippen LogP contribution in [-0.2, 0) is 21.4 Å². The number of Topliss-reactive ketones (excluding diaryl/α,β-unsaturated/α-hetero) is 1. The number of benzene rings is 1. The van der Waals surface area contributed by atoms with Gasteiger partial charge >= 0.3 is 0 Å². The van der Waals surface area contributed by atoms with Crippen molar-refractivity contribution in [1.82, 2.24) is 9.62 Å².